The summed E-state index contributed by atoms with van der Waals surface area (Å²) in [5.74, 6) is -0.422. The fourth-order valence-corrected chi connectivity index (χ4v) is 1.78. The summed E-state index contributed by atoms with van der Waals surface area (Å²) in [5, 5.41) is 0. The van der Waals surface area contributed by atoms with Crippen LogP contribution >= 0.6 is 0 Å². The first-order valence-electron chi connectivity index (χ1n) is 5.59. The molecule has 2 rings (SSSR count). The number of oxazole rings is 1. The van der Waals surface area contributed by atoms with Gasteiger partial charge in [0.15, 0.2) is 5.58 Å². The average Bonchev–Trinajstić information content (AvgIpc) is 2.64. The molecule has 0 saturated carbocycles. The van der Waals surface area contributed by atoms with Gasteiger partial charge < -0.3 is 10.2 Å². The molecule has 4 nitrogen and oxygen atoms in total. The molecule has 0 saturated heterocycles. The van der Waals surface area contributed by atoms with Crippen LogP contribution in [0.1, 0.15) is 37.8 Å². The van der Waals surface area contributed by atoms with Crippen molar-refractivity contribution < 1.29 is 4.42 Å². The van der Waals surface area contributed by atoms with Crippen LogP contribution in [-0.4, -0.2) is 4.98 Å². The smallest absolute Gasteiger partial charge is 0.408 e. The molecule has 0 aliphatic carbocycles. The van der Waals surface area contributed by atoms with E-state index >= 15 is 0 Å². The van der Waals surface area contributed by atoms with Crippen LogP contribution in [0, 0.1) is 0 Å². The van der Waals surface area contributed by atoms with E-state index in [1.807, 2.05) is 18.2 Å². The van der Waals surface area contributed by atoms with E-state index in [0.29, 0.717) is 5.58 Å². The monoisotopic (exact) mass is 220 g/mol. The van der Waals surface area contributed by atoms with Gasteiger partial charge in [-0.25, -0.2) is 4.79 Å². The molecule has 1 heterocycles. The van der Waals surface area contributed by atoms with Gasteiger partial charge in [0, 0.05) is 6.04 Å². The fourth-order valence-electron chi connectivity index (χ4n) is 1.78. The van der Waals surface area contributed by atoms with Gasteiger partial charge in [0.2, 0.25) is 0 Å². The summed E-state index contributed by atoms with van der Waals surface area (Å²) in [5.41, 5.74) is 8.36. The molecule has 0 aliphatic rings. The van der Waals surface area contributed by atoms with E-state index in [-0.39, 0.29) is 6.04 Å². The number of hydrogen-bond acceptors (Lipinski definition) is 3. The molecule has 0 spiro atoms. The van der Waals surface area contributed by atoms with Crippen molar-refractivity contribution in [3.63, 3.8) is 0 Å². The highest BCUT2D eigenvalue weighted by Gasteiger charge is 2.08. The van der Waals surface area contributed by atoms with Crippen LogP contribution in [-0.2, 0) is 0 Å². The molecular formula is C12H16N2O2. The number of benzene rings is 1. The number of nitrogens with two attached hydrogens (primary N) is 1. The molecule has 3 N–H and O–H groups in total. The minimum atomic E-state index is -0.422. The van der Waals surface area contributed by atoms with Crippen molar-refractivity contribution in [1.82, 2.24) is 4.98 Å². The summed E-state index contributed by atoms with van der Waals surface area (Å²) >= 11 is 0. The van der Waals surface area contributed by atoms with Crippen molar-refractivity contribution in [2.24, 2.45) is 5.73 Å². The first-order valence-corrected chi connectivity index (χ1v) is 5.59. The SMILES string of the molecule is CCCCC(N)c1ccc2[nH]c(=O)oc2c1. The summed E-state index contributed by atoms with van der Waals surface area (Å²) in [6.45, 7) is 2.14. The van der Waals surface area contributed by atoms with E-state index in [4.69, 9.17) is 10.2 Å². The number of hydrogen-bond donors (Lipinski definition) is 2. The van der Waals surface area contributed by atoms with E-state index < -0.39 is 5.76 Å². The van der Waals surface area contributed by atoms with Crippen LogP contribution in [0.4, 0.5) is 0 Å². The zero-order valence-electron chi connectivity index (χ0n) is 9.32. The average molecular weight is 220 g/mol. The Morgan fingerprint density at radius 2 is 2.31 bits per heavy atom. The number of nitrogens with one attached hydrogen (secondary N) is 1. The first kappa shape index (κ1) is 11.0. The Kier molecular flexibility index (Phi) is 3.10. The first-order chi connectivity index (χ1) is 7.70. The van der Waals surface area contributed by atoms with Crippen molar-refractivity contribution in [1.29, 1.82) is 0 Å². The Bertz CT molecular complexity index is 527. The van der Waals surface area contributed by atoms with Crippen LogP contribution in [0.3, 0.4) is 0 Å². The van der Waals surface area contributed by atoms with E-state index in [0.717, 1.165) is 30.3 Å². The zero-order chi connectivity index (χ0) is 11.5. The molecule has 2 aromatic rings. The number of H-pyrrole nitrogens is 1. The summed E-state index contributed by atoms with van der Waals surface area (Å²) in [7, 11) is 0. The van der Waals surface area contributed by atoms with Crippen LogP contribution < -0.4 is 11.5 Å². The highest BCUT2D eigenvalue weighted by molar-refractivity contribution is 5.72. The Balaban J connectivity index is 2.27. The van der Waals surface area contributed by atoms with Crippen LogP contribution in [0.2, 0.25) is 0 Å². The van der Waals surface area contributed by atoms with Crippen molar-refractivity contribution in [2.45, 2.75) is 32.2 Å². The number of rotatable bonds is 4. The largest absolute Gasteiger partial charge is 0.417 e. The fraction of sp³-hybridized carbons (Fsp3) is 0.417. The highest BCUT2D eigenvalue weighted by Crippen LogP contribution is 2.20. The lowest BCUT2D eigenvalue weighted by molar-refractivity contribution is 0.553. The Hall–Kier alpha value is -1.55. The van der Waals surface area contributed by atoms with Gasteiger partial charge in [0.05, 0.1) is 5.52 Å². The van der Waals surface area contributed by atoms with Crippen molar-refractivity contribution in [3.8, 4) is 0 Å². The van der Waals surface area contributed by atoms with Gasteiger partial charge >= 0.3 is 5.76 Å². The molecular weight excluding hydrogens is 204 g/mol. The predicted molar refractivity (Wildman–Crippen MR) is 63.3 cm³/mol. The van der Waals surface area contributed by atoms with E-state index in [1.165, 1.54) is 0 Å². The highest BCUT2D eigenvalue weighted by atomic mass is 16.4. The Morgan fingerprint density at radius 3 is 3.06 bits per heavy atom. The lowest BCUT2D eigenvalue weighted by Gasteiger charge is -2.10. The lowest BCUT2D eigenvalue weighted by Crippen LogP contribution is -2.09. The normalized spacial score (nSPS) is 13.1. The molecule has 16 heavy (non-hydrogen) atoms. The number of aromatic nitrogens is 1. The van der Waals surface area contributed by atoms with Gasteiger partial charge in [0.1, 0.15) is 0 Å². The van der Waals surface area contributed by atoms with Crippen molar-refractivity contribution in [3.05, 3.63) is 34.3 Å². The summed E-state index contributed by atoms with van der Waals surface area (Å²) in [4.78, 5) is 13.6. The molecule has 1 atom stereocenters. The van der Waals surface area contributed by atoms with E-state index in [9.17, 15) is 4.79 Å². The minimum Gasteiger partial charge on any atom is -0.408 e. The van der Waals surface area contributed by atoms with Gasteiger partial charge in [-0.15, -0.1) is 0 Å². The summed E-state index contributed by atoms with van der Waals surface area (Å²) in [6.07, 6.45) is 3.20. The third-order valence-corrected chi connectivity index (χ3v) is 2.74. The van der Waals surface area contributed by atoms with E-state index in [2.05, 4.69) is 11.9 Å². The second kappa shape index (κ2) is 4.53. The van der Waals surface area contributed by atoms with Crippen molar-refractivity contribution in [2.75, 3.05) is 0 Å². The van der Waals surface area contributed by atoms with Gasteiger partial charge in [-0.2, -0.15) is 0 Å². The maximum absolute atomic E-state index is 11.0. The predicted octanol–water partition coefficient (Wildman–Crippen LogP) is 2.31. The standard InChI is InChI=1S/C12H16N2O2/c1-2-3-4-9(13)8-5-6-10-11(7-8)16-12(15)14-10/h5-7,9H,2-4,13H2,1H3,(H,14,15). The summed E-state index contributed by atoms with van der Waals surface area (Å²) < 4.78 is 5.00. The number of fused-ring (bicyclic) bond motifs is 1. The topological polar surface area (TPSA) is 72.0 Å². The van der Waals surface area contributed by atoms with Gasteiger partial charge in [0.25, 0.3) is 0 Å². The molecule has 0 amide bonds. The molecule has 0 aliphatic heterocycles. The van der Waals surface area contributed by atoms with Crippen molar-refractivity contribution >= 4 is 11.1 Å². The zero-order valence-corrected chi connectivity index (χ0v) is 9.32. The third-order valence-electron chi connectivity index (χ3n) is 2.74. The summed E-state index contributed by atoms with van der Waals surface area (Å²) in [6, 6.07) is 5.63. The number of unbranched alkanes of at least 4 members (excludes halogenated alkanes) is 1. The van der Waals surface area contributed by atoms with Crippen LogP contribution in [0.5, 0.6) is 0 Å². The minimum absolute atomic E-state index is 0.0181. The Labute approximate surface area is 93.5 Å². The maximum Gasteiger partial charge on any atom is 0.417 e. The molecule has 4 heteroatoms. The third kappa shape index (κ3) is 2.17. The van der Waals surface area contributed by atoms with Crippen LogP contribution in [0.15, 0.2) is 27.4 Å². The number of aromatic amines is 1. The Morgan fingerprint density at radius 1 is 1.50 bits per heavy atom. The molecule has 1 aromatic carbocycles. The van der Waals surface area contributed by atoms with Gasteiger partial charge in [-0.1, -0.05) is 25.8 Å². The molecule has 0 radical (unpaired) electrons. The molecule has 1 unspecified atom stereocenters. The molecule has 0 bridgehead atoms. The molecule has 0 fully saturated rings. The van der Waals surface area contributed by atoms with Gasteiger partial charge in [-0.3, -0.25) is 4.98 Å². The second-order valence-electron chi connectivity index (χ2n) is 4.02. The molecule has 86 valence electrons. The second-order valence-corrected chi connectivity index (χ2v) is 4.02. The van der Waals surface area contributed by atoms with Crippen LogP contribution in [0.25, 0.3) is 11.1 Å². The maximum atomic E-state index is 11.0. The quantitative estimate of drug-likeness (QED) is 0.830. The van der Waals surface area contributed by atoms with E-state index in [1.54, 1.807) is 0 Å². The van der Waals surface area contributed by atoms with Gasteiger partial charge in [-0.05, 0) is 24.1 Å². The lowest BCUT2D eigenvalue weighted by atomic mass is 10.0. The molecule has 1 aromatic heterocycles.